The Balaban J connectivity index is 1.90. The first-order valence-corrected chi connectivity index (χ1v) is 7.22. The van der Waals surface area contributed by atoms with E-state index in [1.54, 1.807) is 13.0 Å². The molecule has 25 heavy (non-hydrogen) atoms. The third-order valence-corrected chi connectivity index (χ3v) is 3.27. The van der Waals surface area contributed by atoms with Crippen molar-refractivity contribution >= 4 is 23.1 Å². The van der Waals surface area contributed by atoms with Gasteiger partial charge < -0.3 is 10.6 Å². The van der Waals surface area contributed by atoms with Crippen LogP contribution in [0.2, 0.25) is 0 Å². The lowest BCUT2D eigenvalue weighted by Gasteiger charge is -2.11. The standard InChI is InChI=1S/C17H12F4N4/c1-9-8-14(23-13-7-6-11(19)15(20)16(13)21)25-17(22-9)24-12-5-3-2-4-10(12)18/h2-8H,1H3,(H2,22,23,24,25). The summed E-state index contributed by atoms with van der Waals surface area (Å²) >= 11 is 0. The molecule has 0 spiro atoms. The quantitative estimate of drug-likeness (QED) is 0.524. The maximum absolute atomic E-state index is 13.8. The highest BCUT2D eigenvalue weighted by molar-refractivity contribution is 5.61. The molecule has 0 unspecified atom stereocenters. The Bertz CT molecular complexity index is 931. The van der Waals surface area contributed by atoms with Gasteiger partial charge in [0.25, 0.3) is 0 Å². The number of para-hydroxylation sites is 1. The van der Waals surface area contributed by atoms with Crippen LogP contribution in [0.25, 0.3) is 0 Å². The summed E-state index contributed by atoms with van der Waals surface area (Å²) in [5.74, 6) is -4.52. The monoisotopic (exact) mass is 348 g/mol. The lowest BCUT2D eigenvalue weighted by Crippen LogP contribution is -2.05. The molecule has 1 heterocycles. The van der Waals surface area contributed by atoms with Crippen LogP contribution in [0.15, 0.2) is 42.5 Å². The van der Waals surface area contributed by atoms with E-state index >= 15 is 0 Å². The van der Waals surface area contributed by atoms with Gasteiger partial charge in [-0.2, -0.15) is 4.98 Å². The fourth-order valence-electron chi connectivity index (χ4n) is 2.13. The molecule has 0 fully saturated rings. The van der Waals surface area contributed by atoms with Crippen LogP contribution in [-0.2, 0) is 0 Å². The van der Waals surface area contributed by atoms with Crippen LogP contribution in [0.3, 0.4) is 0 Å². The minimum absolute atomic E-state index is 0.0654. The molecule has 8 heteroatoms. The first kappa shape index (κ1) is 16.7. The normalized spacial score (nSPS) is 10.6. The van der Waals surface area contributed by atoms with Gasteiger partial charge in [0.1, 0.15) is 11.6 Å². The van der Waals surface area contributed by atoms with Crippen LogP contribution >= 0.6 is 0 Å². The lowest BCUT2D eigenvalue weighted by molar-refractivity contribution is 0.449. The molecule has 0 bridgehead atoms. The van der Waals surface area contributed by atoms with Gasteiger partial charge in [0.05, 0.1) is 11.4 Å². The number of benzene rings is 2. The van der Waals surface area contributed by atoms with E-state index in [1.807, 2.05) is 0 Å². The van der Waals surface area contributed by atoms with Crippen molar-refractivity contribution < 1.29 is 17.6 Å². The van der Waals surface area contributed by atoms with E-state index < -0.39 is 23.3 Å². The van der Waals surface area contributed by atoms with Crippen molar-refractivity contribution in [1.82, 2.24) is 9.97 Å². The number of nitrogens with one attached hydrogen (secondary N) is 2. The zero-order valence-corrected chi connectivity index (χ0v) is 12.9. The Morgan fingerprint density at radius 2 is 1.52 bits per heavy atom. The molecule has 2 N–H and O–H groups in total. The predicted octanol–water partition coefficient (Wildman–Crippen LogP) is 4.83. The molecule has 0 saturated heterocycles. The van der Waals surface area contributed by atoms with Gasteiger partial charge in [-0.3, -0.25) is 0 Å². The third-order valence-electron chi connectivity index (χ3n) is 3.27. The van der Waals surface area contributed by atoms with Gasteiger partial charge in [-0.25, -0.2) is 22.5 Å². The fourth-order valence-corrected chi connectivity index (χ4v) is 2.13. The Morgan fingerprint density at radius 1 is 0.760 bits per heavy atom. The summed E-state index contributed by atoms with van der Waals surface area (Å²) < 4.78 is 53.8. The average Bonchev–Trinajstić information content (AvgIpc) is 2.57. The van der Waals surface area contributed by atoms with Crippen molar-refractivity contribution in [2.24, 2.45) is 0 Å². The Labute approximate surface area is 140 Å². The van der Waals surface area contributed by atoms with Gasteiger partial charge in [-0.05, 0) is 31.2 Å². The van der Waals surface area contributed by atoms with Gasteiger partial charge in [0, 0.05) is 11.8 Å². The van der Waals surface area contributed by atoms with Crippen molar-refractivity contribution in [3.8, 4) is 0 Å². The average molecular weight is 348 g/mol. The molecule has 3 rings (SSSR count). The van der Waals surface area contributed by atoms with Gasteiger partial charge in [0.2, 0.25) is 5.95 Å². The first-order valence-electron chi connectivity index (χ1n) is 7.22. The van der Waals surface area contributed by atoms with Crippen LogP contribution in [0.4, 0.5) is 40.7 Å². The maximum Gasteiger partial charge on any atom is 0.229 e. The highest BCUT2D eigenvalue weighted by Crippen LogP contribution is 2.24. The Hall–Kier alpha value is -3.16. The minimum atomic E-state index is -1.58. The third kappa shape index (κ3) is 3.68. The number of anilines is 4. The predicted molar refractivity (Wildman–Crippen MR) is 86.1 cm³/mol. The lowest BCUT2D eigenvalue weighted by atomic mass is 10.2. The van der Waals surface area contributed by atoms with E-state index in [0.717, 1.165) is 12.1 Å². The molecule has 2 aromatic carbocycles. The summed E-state index contributed by atoms with van der Waals surface area (Å²) in [6.45, 7) is 1.65. The molecule has 0 aliphatic heterocycles. The molecule has 0 aliphatic carbocycles. The SMILES string of the molecule is Cc1cc(Nc2ccc(F)c(F)c2F)nc(Nc2ccccc2F)n1. The van der Waals surface area contributed by atoms with Crippen molar-refractivity contribution in [2.75, 3.05) is 10.6 Å². The van der Waals surface area contributed by atoms with Crippen LogP contribution in [-0.4, -0.2) is 9.97 Å². The summed E-state index contributed by atoms with van der Waals surface area (Å²) in [5.41, 5.74) is 0.381. The van der Waals surface area contributed by atoms with E-state index in [0.29, 0.717) is 5.69 Å². The zero-order valence-electron chi connectivity index (χ0n) is 12.9. The molecular weight excluding hydrogens is 336 g/mol. The van der Waals surface area contributed by atoms with Crippen molar-refractivity contribution in [2.45, 2.75) is 6.92 Å². The second-order valence-corrected chi connectivity index (χ2v) is 5.17. The van der Waals surface area contributed by atoms with Crippen LogP contribution in [0.5, 0.6) is 0 Å². The highest BCUT2D eigenvalue weighted by Gasteiger charge is 2.14. The number of aryl methyl sites for hydroxylation is 1. The van der Waals surface area contributed by atoms with Crippen molar-refractivity contribution in [1.29, 1.82) is 0 Å². The molecule has 1 aromatic heterocycles. The number of hydrogen-bond donors (Lipinski definition) is 2. The van der Waals surface area contributed by atoms with E-state index in [-0.39, 0.29) is 23.1 Å². The summed E-state index contributed by atoms with van der Waals surface area (Å²) in [6, 6.07) is 9.28. The minimum Gasteiger partial charge on any atom is -0.338 e. The molecule has 0 atom stereocenters. The van der Waals surface area contributed by atoms with Gasteiger partial charge in [-0.15, -0.1) is 0 Å². The Morgan fingerprint density at radius 3 is 2.28 bits per heavy atom. The fraction of sp³-hybridized carbons (Fsp3) is 0.0588. The van der Waals surface area contributed by atoms with Gasteiger partial charge >= 0.3 is 0 Å². The molecule has 0 amide bonds. The summed E-state index contributed by atoms with van der Waals surface area (Å²) in [6.07, 6.45) is 0. The molecule has 0 saturated carbocycles. The van der Waals surface area contributed by atoms with Crippen LogP contribution in [0, 0.1) is 30.2 Å². The molecule has 128 valence electrons. The second-order valence-electron chi connectivity index (χ2n) is 5.17. The number of hydrogen-bond acceptors (Lipinski definition) is 4. The molecule has 3 aromatic rings. The van der Waals surface area contributed by atoms with Gasteiger partial charge in [-0.1, -0.05) is 12.1 Å². The van der Waals surface area contributed by atoms with Crippen molar-refractivity contribution in [3.05, 3.63) is 71.4 Å². The molecule has 0 radical (unpaired) electrons. The topological polar surface area (TPSA) is 49.8 Å². The molecule has 4 nitrogen and oxygen atoms in total. The Kier molecular flexibility index (Phi) is 4.51. The number of rotatable bonds is 4. The van der Waals surface area contributed by atoms with E-state index in [1.165, 1.54) is 24.3 Å². The number of nitrogens with zero attached hydrogens (tertiary/aromatic N) is 2. The number of aromatic nitrogens is 2. The zero-order chi connectivity index (χ0) is 18.0. The molecular formula is C17H12F4N4. The molecule has 0 aliphatic rings. The van der Waals surface area contributed by atoms with E-state index in [2.05, 4.69) is 20.6 Å². The second kappa shape index (κ2) is 6.76. The van der Waals surface area contributed by atoms with Crippen molar-refractivity contribution in [3.63, 3.8) is 0 Å². The summed E-state index contributed by atoms with van der Waals surface area (Å²) in [5, 5.41) is 5.26. The summed E-state index contributed by atoms with van der Waals surface area (Å²) in [7, 11) is 0. The largest absolute Gasteiger partial charge is 0.338 e. The number of halogens is 4. The highest BCUT2D eigenvalue weighted by atomic mass is 19.2. The first-order chi connectivity index (χ1) is 11.9. The maximum atomic E-state index is 13.8. The summed E-state index contributed by atoms with van der Waals surface area (Å²) in [4.78, 5) is 8.18. The smallest absolute Gasteiger partial charge is 0.229 e. The van der Waals surface area contributed by atoms with Crippen LogP contribution < -0.4 is 10.6 Å². The van der Waals surface area contributed by atoms with Crippen LogP contribution in [0.1, 0.15) is 5.69 Å². The van der Waals surface area contributed by atoms with Gasteiger partial charge in [0.15, 0.2) is 17.5 Å². The van der Waals surface area contributed by atoms with E-state index in [4.69, 9.17) is 0 Å². The van der Waals surface area contributed by atoms with E-state index in [9.17, 15) is 17.6 Å².